The fourth-order valence-corrected chi connectivity index (χ4v) is 3.67. The SMILES string of the molecule is I.c1csc(CCN=C(NCCn2ccnc2)Nc2ccc3c(c2)OCCCO3)c1. The summed E-state index contributed by atoms with van der Waals surface area (Å²) in [6, 6.07) is 10.1. The van der Waals surface area contributed by atoms with E-state index in [1.54, 1.807) is 17.5 Å². The summed E-state index contributed by atoms with van der Waals surface area (Å²) in [6.07, 6.45) is 7.36. The first-order valence-electron chi connectivity index (χ1n) is 9.80. The minimum absolute atomic E-state index is 0. The molecule has 0 atom stereocenters. The number of nitrogens with zero attached hydrogens (tertiary/aromatic N) is 3. The first-order chi connectivity index (χ1) is 14.4. The lowest BCUT2D eigenvalue weighted by Gasteiger charge is -2.15. The number of thiophene rings is 1. The van der Waals surface area contributed by atoms with Crippen molar-refractivity contribution in [2.75, 3.05) is 31.6 Å². The number of benzene rings is 1. The molecule has 0 unspecified atom stereocenters. The number of hydrogen-bond donors (Lipinski definition) is 2. The zero-order chi connectivity index (χ0) is 19.7. The Kier molecular flexibility index (Phi) is 8.81. The van der Waals surface area contributed by atoms with Crippen LogP contribution < -0.4 is 20.1 Å². The van der Waals surface area contributed by atoms with Gasteiger partial charge in [-0.25, -0.2) is 4.98 Å². The number of aliphatic imine (C=N–C) groups is 1. The number of halogens is 1. The van der Waals surface area contributed by atoms with Gasteiger partial charge >= 0.3 is 0 Å². The van der Waals surface area contributed by atoms with E-state index in [0.717, 1.165) is 49.1 Å². The van der Waals surface area contributed by atoms with Gasteiger partial charge in [0.15, 0.2) is 17.5 Å². The molecule has 3 aromatic rings. The van der Waals surface area contributed by atoms with Crippen LogP contribution in [0.2, 0.25) is 0 Å². The quantitative estimate of drug-likeness (QED) is 0.270. The van der Waals surface area contributed by atoms with Gasteiger partial charge in [0.05, 0.1) is 19.5 Å². The van der Waals surface area contributed by atoms with E-state index in [1.165, 1.54) is 4.88 Å². The molecule has 0 radical (unpaired) electrons. The summed E-state index contributed by atoms with van der Waals surface area (Å²) in [5, 5.41) is 8.89. The molecule has 1 aromatic carbocycles. The number of aromatic nitrogens is 2. The minimum atomic E-state index is 0. The van der Waals surface area contributed by atoms with Crippen molar-refractivity contribution in [3.8, 4) is 11.5 Å². The summed E-state index contributed by atoms with van der Waals surface area (Å²) >= 11 is 1.76. The molecule has 0 amide bonds. The molecule has 160 valence electrons. The van der Waals surface area contributed by atoms with Crippen LogP contribution in [0.5, 0.6) is 11.5 Å². The van der Waals surface area contributed by atoms with Crippen LogP contribution in [-0.4, -0.2) is 41.8 Å². The second-order valence-electron chi connectivity index (χ2n) is 6.62. The molecule has 0 saturated heterocycles. The Morgan fingerprint density at radius 3 is 2.90 bits per heavy atom. The van der Waals surface area contributed by atoms with Gasteiger partial charge in [0.1, 0.15) is 0 Å². The van der Waals surface area contributed by atoms with Crippen LogP contribution in [0.1, 0.15) is 11.3 Å². The molecule has 2 N–H and O–H groups in total. The van der Waals surface area contributed by atoms with E-state index in [1.807, 2.05) is 35.3 Å². The average molecular weight is 539 g/mol. The second kappa shape index (κ2) is 11.8. The van der Waals surface area contributed by atoms with Gasteiger partial charge in [-0.1, -0.05) is 6.07 Å². The highest BCUT2D eigenvalue weighted by molar-refractivity contribution is 14.0. The number of hydrogen-bond acceptors (Lipinski definition) is 5. The maximum atomic E-state index is 5.80. The number of anilines is 1. The number of guanidine groups is 1. The van der Waals surface area contributed by atoms with Crippen LogP contribution in [0.4, 0.5) is 5.69 Å². The number of ether oxygens (including phenoxy) is 2. The van der Waals surface area contributed by atoms with Crippen molar-refractivity contribution in [2.45, 2.75) is 19.4 Å². The van der Waals surface area contributed by atoms with Crippen molar-refractivity contribution < 1.29 is 9.47 Å². The molecule has 9 heteroatoms. The van der Waals surface area contributed by atoms with Gasteiger partial charge in [-0.15, -0.1) is 35.3 Å². The average Bonchev–Trinajstić information content (AvgIpc) is 3.39. The molecule has 0 saturated carbocycles. The fourth-order valence-electron chi connectivity index (χ4n) is 2.97. The van der Waals surface area contributed by atoms with Crippen LogP contribution in [0.25, 0.3) is 0 Å². The normalized spacial score (nSPS) is 13.3. The summed E-state index contributed by atoms with van der Waals surface area (Å²) in [4.78, 5) is 10.2. The van der Waals surface area contributed by atoms with Crippen LogP contribution in [0.15, 0.2) is 59.4 Å². The van der Waals surface area contributed by atoms with Gasteiger partial charge in [-0.3, -0.25) is 4.99 Å². The minimum Gasteiger partial charge on any atom is -0.490 e. The predicted molar refractivity (Wildman–Crippen MR) is 132 cm³/mol. The third-order valence-electron chi connectivity index (χ3n) is 4.44. The van der Waals surface area contributed by atoms with E-state index in [4.69, 9.17) is 14.5 Å². The Morgan fingerprint density at radius 1 is 1.20 bits per heavy atom. The zero-order valence-corrected chi connectivity index (χ0v) is 19.8. The van der Waals surface area contributed by atoms with E-state index in [9.17, 15) is 0 Å². The maximum absolute atomic E-state index is 5.80. The smallest absolute Gasteiger partial charge is 0.195 e. The monoisotopic (exact) mass is 539 g/mol. The molecular formula is C21H26IN5O2S. The Bertz CT molecular complexity index is 916. The first kappa shape index (κ1) is 22.4. The molecule has 3 heterocycles. The number of nitrogens with one attached hydrogen (secondary N) is 2. The lowest BCUT2D eigenvalue weighted by atomic mass is 10.2. The summed E-state index contributed by atoms with van der Waals surface area (Å²) in [5.41, 5.74) is 0.916. The molecule has 0 aliphatic carbocycles. The van der Waals surface area contributed by atoms with Gasteiger partial charge in [-0.2, -0.15) is 0 Å². The molecule has 0 fully saturated rings. The highest BCUT2D eigenvalue weighted by Gasteiger charge is 2.11. The Labute approximate surface area is 197 Å². The summed E-state index contributed by atoms with van der Waals surface area (Å²) in [6.45, 7) is 3.62. The molecular weight excluding hydrogens is 513 g/mol. The molecule has 2 aromatic heterocycles. The van der Waals surface area contributed by atoms with Gasteiger partial charge in [0, 0.05) is 61.5 Å². The van der Waals surface area contributed by atoms with Crippen LogP contribution in [-0.2, 0) is 13.0 Å². The molecule has 4 rings (SSSR count). The van der Waals surface area contributed by atoms with Crippen molar-refractivity contribution in [3.05, 3.63) is 59.3 Å². The standard InChI is InChI=1S/C21H25N5O2S.HI/c1-3-18(29-14-1)6-7-23-21(24-9-11-26-10-8-22-16-26)25-17-4-5-19-20(15-17)28-13-2-12-27-19;/h1,3-5,8,10,14-16H,2,6-7,9,11-13H2,(H2,23,24,25);1H. The third-order valence-corrected chi connectivity index (χ3v) is 5.38. The number of imidazole rings is 1. The van der Waals surface area contributed by atoms with E-state index in [2.05, 4.69) is 33.1 Å². The Hall–Kier alpha value is -2.27. The highest BCUT2D eigenvalue weighted by atomic mass is 127. The van der Waals surface area contributed by atoms with Crippen molar-refractivity contribution >= 4 is 47.0 Å². The van der Waals surface area contributed by atoms with Crippen molar-refractivity contribution in [1.29, 1.82) is 0 Å². The first-order valence-corrected chi connectivity index (χ1v) is 10.7. The summed E-state index contributed by atoms with van der Waals surface area (Å²) < 4.78 is 13.5. The second-order valence-corrected chi connectivity index (χ2v) is 7.66. The summed E-state index contributed by atoms with van der Waals surface area (Å²) in [7, 11) is 0. The zero-order valence-electron chi connectivity index (χ0n) is 16.6. The molecule has 7 nitrogen and oxygen atoms in total. The van der Waals surface area contributed by atoms with Gasteiger partial charge in [0.2, 0.25) is 0 Å². The van der Waals surface area contributed by atoms with Gasteiger partial charge in [-0.05, 0) is 23.6 Å². The van der Waals surface area contributed by atoms with E-state index >= 15 is 0 Å². The van der Waals surface area contributed by atoms with E-state index in [0.29, 0.717) is 19.8 Å². The maximum Gasteiger partial charge on any atom is 0.195 e. The predicted octanol–water partition coefficient (Wildman–Crippen LogP) is 4.02. The van der Waals surface area contributed by atoms with Crippen LogP contribution >= 0.6 is 35.3 Å². The van der Waals surface area contributed by atoms with Gasteiger partial charge < -0.3 is 24.7 Å². The van der Waals surface area contributed by atoms with Crippen molar-refractivity contribution in [1.82, 2.24) is 14.9 Å². The molecule has 30 heavy (non-hydrogen) atoms. The van der Waals surface area contributed by atoms with Gasteiger partial charge in [0.25, 0.3) is 0 Å². The van der Waals surface area contributed by atoms with Crippen LogP contribution in [0.3, 0.4) is 0 Å². The Morgan fingerprint density at radius 2 is 2.10 bits per heavy atom. The van der Waals surface area contributed by atoms with Crippen LogP contribution in [0, 0.1) is 0 Å². The largest absolute Gasteiger partial charge is 0.490 e. The molecule has 0 spiro atoms. The number of rotatable bonds is 7. The van der Waals surface area contributed by atoms with Crippen molar-refractivity contribution in [2.24, 2.45) is 4.99 Å². The molecule has 1 aliphatic rings. The van der Waals surface area contributed by atoms with E-state index < -0.39 is 0 Å². The molecule has 1 aliphatic heterocycles. The Balaban J connectivity index is 0.00000256. The van der Waals surface area contributed by atoms with Crippen molar-refractivity contribution in [3.63, 3.8) is 0 Å². The summed E-state index contributed by atoms with van der Waals surface area (Å²) in [5.74, 6) is 2.30. The lowest BCUT2D eigenvalue weighted by Crippen LogP contribution is -2.33. The third kappa shape index (κ3) is 6.63. The number of fused-ring (bicyclic) bond motifs is 1. The lowest BCUT2D eigenvalue weighted by molar-refractivity contribution is 0.297. The van der Waals surface area contributed by atoms with E-state index in [-0.39, 0.29) is 24.0 Å². The fraction of sp³-hybridized carbons (Fsp3) is 0.333. The highest BCUT2D eigenvalue weighted by Crippen LogP contribution is 2.32. The molecule has 0 bridgehead atoms. The topological polar surface area (TPSA) is 72.7 Å².